The molecule has 82 valence electrons. The normalized spacial score (nSPS) is 40.1. The number of nitrogens with two attached hydrogens (primary N) is 1. The maximum absolute atomic E-state index is 11.5. The number of methoxy groups -OCH3 is 1. The number of carbonyl (C=O) groups excluding carboxylic acids is 1. The van der Waals surface area contributed by atoms with Crippen LogP contribution in [0.4, 0.5) is 0 Å². The van der Waals surface area contributed by atoms with Crippen LogP contribution in [-0.4, -0.2) is 18.6 Å². The smallest absolute Gasteiger partial charge is 0.326 e. The van der Waals surface area contributed by atoms with Gasteiger partial charge in [0.25, 0.3) is 0 Å². The first-order valence-corrected chi connectivity index (χ1v) is 5.04. The molecule has 3 nitrogen and oxygen atoms in total. The van der Waals surface area contributed by atoms with Crippen LogP contribution in [-0.2, 0) is 9.53 Å². The van der Waals surface area contributed by atoms with Gasteiger partial charge >= 0.3 is 5.97 Å². The van der Waals surface area contributed by atoms with E-state index < -0.39 is 5.54 Å². The van der Waals surface area contributed by atoms with Gasteiger partial charge in [0.15, 0.2) is 0 Å². The summed E-state index contributed by atoms with van der Waals surface area (Å²) < 4.78 is 4.78. The van der Waals surface area contributed by atoms with Crippen LogP contribution in [0.3, 0.4) is 0 Å². The zero-order chi connectivity index (χ0) is 9.47. The highest BCUT2D eigenvalue weighted by atomic mass is 35.5. The molecule has 14 heavy (non-hydrogen) atoms. The fourth-order valence-corrected chi connectivity index (χ4v) is 2.97. The third-order valence-corrected chi connectivity index (χ3v) is 3.77. The van der Waals surface area contributed by atoms with Crippen molar-refractivity contribution in [1.82, 2.24) is 0 Å². The molecule has 3 fully saturated rings. The first-order chi connectivity index (χ1) is 6.16. The van der Waals surface area contributed by atoms with Crippen LogP contribution in [0, 0.1) is 11.8 Å². The predicted octanol–water partition coefficient (Wildman–Crippen LogP) is 1.49. The van der Waals surface area contributed by atoms with Crippen molar-refractivity contribution < 1.29 is 9.53 Å². The van der Waals surface area contributed by atoms with Crippen LogP contribution >= 0.6 is 12.4 Å². The van der Waals surface area contributed by atoms with Crippen LogP contribution in [0.5, 0.6) is 0 Å². The molecular formula is C10H18ClNO2. The van der Waals surface area contributed by atoms with Gasteiger partial charge in [0.2, 0.25) is 0 Å². The average molecular weight is 220 g/mol. The molecule has 1 unspecified atom stereocenters. The van der Waals surface area contributed by atoms with Gasteiger partial charge in [-0.15, -0.1) is 12.4 Å². The Labute approximate surface area is 90.8 Å². The Morgan fingerprint density at radius 1 is 1.36 bits per heavy atom. The summed E-state index contributed by atoms with van der Waals surface area (Å²) >= 11 is 0. The molecule has 3 saturated carbocycles. The molecule has 3 rings (SSSR count). The highest BCUT2D eigenvalue weighted by molar-refractivity contribution is 5.85. The van der Waals surface area contributed by atoms with Gasteiger partial charge in [0, 0.05) is 0 Å². The van der Waals surface area contributed by atoms with E-state index in [0.29, 0.717) is 11.8 Å². The third kappa shape index (κ3) is 1.63. The van der Waals surface area contributed by atoms with Crippen molar-refractivity contribution in [3.8, 4) is 0 Å². The molecular weight excluding hydrogens is 202 g/mol. The SMILES string of the molecule is COC(=O)C1(N)CC2CCC1CC2.Cl. The van der Waals surface area contributed by atoms with E-state index >= 15 is 0 Å². The Morgan fingerprint density at radius 2 is 1.93 bits per heavy atom. The number of esters is 1. The molecule has 0 aromatic heterocycles. The first-order valence-electron chi connectivity index (χ1n) is 5.04. The van der Waals surface area contributed by atoms with Crippen molar-refractivity contribution in [2.24, 2.45) is 17.6 Å². The molecule has 3 aliphatic rings. The fourth-order valence-electron chi connectivity index (χ4n) is 2.97. The molecule has 0 radical (unpaired) electrons. The minimum absolute atomic E-state index is 0. The van der Waals surface area contributed by atoms with Gasteiger partial charge < -0.3 is 10.5 Å². The largest absolute Gasteiger partial charge is 0.468 e. The fraction of sp³-hybridized carbons (Fsp3) is 0.900. The van der Waals surface area contributed by atoms with Gasteiger partial charge in [0.05, 0.1) is 7.11 Å². The molecule has 0 heterocycles. The summed E-state index contributed by atoms with van der Waals surface area (Å²) in [5.74, 6) is 0.820. The van der Waals surface area contributed by atoms with Crippen molar-refractivity contribution >= 4 is 18.4 Å². The van der Waals surface area contributed by atoms with E-state index in [2.05, 4.69) is 0 Å². The van der Waals surface area contributed by atoms with E-state index in [1.807, 2.05) is 0 Å². The Hall–Kier alpha value is -0.280. The predicted molar refractivity (Wildman–Crippen MR) is 56.2 cm³/mol. The number of hydrogen-bond acceptors (Lipinski definition) is 3. The molecule has 0 amide bonds. The van der Waals surface area contributed by atoms with E-state index in [0.717, 1.165) is 19.3 Å². The molecule has 0 aromatic carbocycles. The van der Waals surface area contributed by atoms with E-state index in [1.54, 1.807) is 0 Å². The number of ether oxygens (including phenoxy) is 1. The molecule has 4 heteroatoms. The third-order valence-electron chi connectivity index (χ3n) is 3.77. The van der Waals surface area contributed by atoms with E-state index in [1.165, 1.54) is 20.0 Å². The first kappa shape index (κ1) is 11.8. The second kappa shape index (κ2) is 4.07. The van der Waals surface area contributed by atoms with Gasteiger partial charge in [0.1, 0.15) is 5.54 Å². The summed E-state index contributed by atoms with van der Waals surface area (Å²) in [6.07, 6.45) is 5.55. The van der Waals surface area contributed by atoms with Gasteiger partial charge in [-0.25, -0.2) is 0 Å². The minimum atomic E-state index is -0.657. The van der Waals surface area contributed by atoms with Crippen molar-refractivity contribution in [1.29, 1.82) is 0 Å². The molecule has 0 aliphatic heterocycles. The lowest BCUT2D eigenvalue weighted by molar-refractivity contribution is -0.154. The summed E-state index contributed by atoms with van der Waals surface area (Å²) in [5.41, 5.74) is 5.47. The van der Waals surface area contributed by atoms with Crippen molar-refractivity contribution in [3.05, 3.63) is 0 Å². The summed E-state index contributed by atoms with van der Waals surface area (Å²) in [6.45, 7) is 0. The number of rotatable bonds is 1. The molecule has 0 spiro atoms. The molecule has 3 aliphatic carbocycles. The number of fused-ring (bicyclic) bond motifs is 3. The molecule has 0 aromatic rings. The van der Waals surface area contributed by atoms with E-state index in [9.17, 15) is 4.79 Å². The van der Waals surface area contributed by atoms with Gasteiger partial charge in [-0.05, 0) is 31.1 Å². The minimum Gasteiger partial charge on any atom is -0.468 e. The second-order valence-electron chi connectivity index (χ2n) is 4.45. The topological polar surface area (TPSA) is 52.3 Å². The second-order valence-corrected chi connectivity index (χ2v) is 4.45. The van der Waals surface area contributed by atoms with Gasteiger partial charge in [-0.3, -0.25) is 4.79 Å². The van der Waals surface area contributed by atoms with E-state index in [-0.39, 0.29) is 18.4 Å². The summed E-state index contributed by atoms with van der Waals surface area (Å²) in [6, 6.07) is 0. The highest BCUT2D eigenvalue weighted by Gasteiger charge is 2.50. The Morgan fingerprint density at radius 3 is 2.29 bits per heavy atom. The lowest BCUT2D eigenvalue weighted by atomic mass is 9.61. The maximum Gasteiger partial charge on any atom is 0.326 e. The molecule has 2 N–H and O–H groups in total. The van der Waals surface area contributed by atoms with Crippen LogP contribution < -0.4 is 5.73 Å². The Bertz CT molecular complexity index is 226. The average Bonchev–Trinajstić information content (AvgIpc) is 2.18. The highest BCUT2D eigenvalue weighted by Crippen LogP contribution is 2.46. The number of hydrogen-bond donors (Lipinski definition) is 1. The van der Waals surface area contributed by atoms with Crippen LogP contribution in [0.15, 0.2) is 0 Å². The summed E-state index contributed by atoms with van der Waals surface area (Å²) in [4.78, 5) is 11.5. The standard InChI is InChI=1S/C10H17NO2.ClH/c1-13-9(12)10(11)6-7-2-4-8(10)5-3-7;/h7-8H,2-6,11H2,1H3;1H. The zero-order valence-corrected chi connectivity index (χ0v) is 9.31. The van der Waals surface area contributed by atoms with Crippen LogP contribution in [0.2, 0.25) is 0 Å². The molecule has 0 saturated heterocycles. The lowest BCUT2D eigenvalue weighted by Crippen LogP contribution is -2.60. The Kier molecular flexibility index (Phi) is 3.43. The van der Waals surface area contributed by atoms with Gasteiger partial charge in [-0.2, -0.15) is 0 Å². The van der Waals surface area contributed by atoms with Crippen molar-refractivity contribution in [3.63, 3.8) is 0 Å². The monoisotopic (exact) mass is 219 g/mol. The van der Waals surface area contributed by atoms with Gasteiger partial charge in [-0.1, -0.05) is 12.8 Å². The zero-order valence-electron chi connectivity index (χ0n) is 8.49. The quantitative estimate of drug-likeness (QED) is 0.680. The maximum atomic E-state index is 11.5. The van der Waals surface area contributed by atoms with E-state index in [4.69, 9.17) is 10.5 Å². The lowest BCUT2D eigenvalue weighted by Gasteiger charge is -2.47. The summed E-state index contributed by atoms with van der Waals surface area (Å²) in [5, 5.41) is 0. The van der Waals surface area contributed by atoms with Crippen LogP contribution in [0.1, 0.15) is 32.1 Å². The molecule has 2 bridgehead atoms. The van der Waals surface area contributed by atoms with Crippen molar-refractivity contribution in [2.75, 3.05) is 7.11 Å². The Balaban J connectivity index is 0.000000980. The number of halogens is 1. The van der Waals surface area contributed by atoms with Crippen molar-refractivity contribution in [2.45, 2.75) is 37.6 Å². The summed E-state index contributed by atoms with van der Waals surface area (Å²) in [7, 11) is 1.43. The van der Waals surface area contributed by atoms with Crippen LogP contribution in [0.25, 0.3) is 0 Å². The number of carbonyl (C=O) groups is 1. The molecule has 1 atom stereocenters.